The van der Waals surface area contributed by atoms with Crippen molar-refractivity contribution in [2.45, 2.75) is 75.6 Å². The highest BCUT2D eigenvalue weighted by molar-refractivity contribution is 7.80. The van der Waals surface area contributed by atoms with Gasteiger partial charge >= 0.3 is 11.9 Å². The number of amides is 3. The predicted molar refractivity (Wildman–Crippen MR) is 271 cm³/mol. The maximum atomic E-state index is 13.8. The number of carboxylic acid groups (broad SMARTS) is 1. The largest absolute Gasteiger partial charge is 0.508 e. The number of ether oxygens (including phenoxy) is 2. The molecule has 2 atom stereocenters. The molecule has 17 nitrogen and oxygen atoms in total. The van der Waals surface area contributed by atoms with E-state index in [0.29, 0.717) is 29.5 Å². The van der Waals surface area contributed by atoms with E-state index < -0.39 is 35.5 Å². The second kappa shape index (κ2) is 21.8. The molecule has 71 heavy (non-hydrogen) atoms. The molecule has 18 heteroatoms. The number of nitrogens with one attached hydrogen (secondary N) is 5. The van der Waals surface area contributed by atoms with Crippen LogP contribution >= 0.6 is 12.2 Å². The summed E-state index contributed by atoms with van der Waals surface area (Å²) in [5.74, 6) is -2.63. The molecular weight excluding hydrogens is 927 g/mol. The Hall–Kier alpha value is -7.86. The summed E-state index contributed by atoms with van der Waals surface area (Å²) in [7, 11) is 3.86. The van der Waals surface area contributed by atoms with Crippen LogP contribution in [0, 0.1) is 0 Å². The first kappa shape index (κ1) is 49.6. The van der Waals surface area contributed by atoms with Gasteiger partial charge in [0, 0.05) is 86.9 Å². The van der Waals surface area contributed by atoms with Gasteiger partial charge in [-0.2, -0.15) is 0 Å². The smallest absolute Gasteiger partial charge is 0.342 e. The molecule has 0 aliphatic carbocycles. The molecule has 0 radical (unpaired) electrons. The number of hydrogen-bond donors (Lipinski definition) is 8. The average molecular weight is 984 g/mol. The van der Waals surface area contributed by atoms with E-state index in [-0.39, 0.29) is 89.9 Å². The number of benzene rings is 5. The SMILES string of the molecule is CN(C)c1ccc(CC(=O)N[C@H](CCC(=O)NCCCCC(NC(=S)Nc2cccc3c2C(=O)OC32c3ccc(O)cc3Oc3cc(O)ccc32)C(=O)O)C(=O)NCc2ccccc2N2CCCC2)cc1. The molecule has 1 fully saturated rings. The van der Waals surface area contributed by atoms with Crippen LogP contribution in [0.1, 0.15) is 83.1 Å². The molecule has 0 bridgehead atoms. The first-order valence-corrected chi connectivity index (χ1v) is 24.1. The molecule has 1 spiro atoms. The third kappa shape index (κ3) is 11.3. The second-order valence-electron chi connectivity index (χ2n) is 18.0. The van der Waals surface area contributed by atoms with Crippen LogP contribution in [0.15, 0.2) is 103 Å². The normalized spacial score (nSPS) is 14.7. The Morgan fingerprint density at radius 1 is 0.775 bits per heavy atom. The van der Waals surface area contributed by atoms with Gasteiger partial charge in [-0.25, -0.2) is 9.59 Å². The number of fused-ring (bicyclic) bond motifs is 6. The number of aliphatic carboxylic acids is 1. The van der Waals surface area contributed by atoms with Crippen molar-refractivity contribution < 1.29 is 48.8 Å². The van der Waals surface area contributed by atoms with Gasteiger partial charge in [0.15, 0.2) is 10.7 Å². The molecule has 3 amide bonds. The number of phenols is 2. The number of phenolic OH excluding ortho intramolecular Hbond substituents is 2. The van der Waals surface area contributed by atoms with Gasteiger partial charge < -0.3 is 61.2 Å². The molecule has 370 valence electrons. The number of carbonyl (C=O) groups excluding carboxylic acids is 4. The molecule has 3 heterocycles. The molecule has 8 N–H and O–H groups in total. The zero-order chi connectivity index (χ0) is 50.2. The number of rotatable bonds is 19. The molecule has 3 aliphatic heterocycles. The molecule has 5 aromatic rings. The number of aromatic hydroxyl groups is 2. The number of carboxylic acids is 1. The highest BCUT2D eigenvalue weighted by Gasteiger charge is 2.54. The minimum atomic E-state index is -1.51. The van der Waals surface area contributed by atoms with E-state index in [4.69, 9.17) is 21.7 Å². The third-order valence-electron chi connectivity index (χ3n) is 12.9. The van der Waals surface area contributed by atoms with Crippen LogP contribution in [0.2, 0.25) is 0 Å². The van der Waals surface area contributed by atoms with E-state index in [1.54, 1.807) is 30.3 Å². The molecular formula is C53H57N7O10S. The van der Waals surface area contributed by atoms with Crippen molar-refractivity contribution in [3.63, 3.8) is 0 Å². The van der Waals surface area contributed by atoms with Crippen molar-refractivity contribution in [3.8, 4) is 23.0 Å². The maximum Gasteiger partial charge on any atom is 0.342 e. The lowest BCUT2D eigenvalue weighted by molar-refractivity contribution is -0.139. The van der Waals surface area contributed by atoms with Crippen molar-refractivity contribution >= 4 is 64.1 Å². The predicted octanol–water partition coefficient (Wildman–Crippen LogP) is 6.18. The van der Waals surface area contributed by atoms with Crippen LogP contribution in [-0.4, -0.2) is 95.9 Å². The summed E-state index contributed by atoms with van der Waals surface area (Å²) in [5.41, 5.74) is 4.03. The number of hydrogen-bond acceptors (Lipinski definition) is 12. The first-order valence-electron chi connectivity index (χ1n) is 23.6. The van der Waals surface area contributed by atoms with Crippen molar-refractivity contribution in [3.05, 3.63) is 137 Å². The number of para-hydroxylation sites is 1. The summed E-state index contributed by atoms with van der Waals surface area (Å²) in [4.78, 5) is 70.6. The lowest BCUT2D eigenvalue weighted by Gasteiger charge is -2.36. The van der Waals surface area contributed by atoms with Crippen LogP contribution in [0.5, 0.6) is 23.0 Å². The number of esters is 1. The van der Waals surface area contributed by atoms with Gasteiger partial charge in [0.1, 0.15) is 35.1 Å². The zero-order valence-corrected chi connectivity index (χ0v) is 40.3. The lowest BCUT2D eigenvalue weighted by Crippen LogP contribution is -2.47. The average Bonchev–Trinajstić information content (AvgIpc) is 3.99. The Morgan fingerprint density at radius 2 is 1.46 bits per heavy atom. The van der Waals surface area contributed by atoms with E-state index in [1.807, 2.05) is 67.5 Å². The Morgan fingerprint density at radius 3 is 2.14 bits per heavy atom. The molecule has 0 saturated carbocycles. The summed E-state index contributed by atoms with van der Waals surface area (Å²) in [5, 5.41) is 45.1. The second-order valence-corrected chi connectivity index (χ2v) is 18.4. The van der Waals surface area contributed by atoms with Crippen molar-refractivity contribution in [2.24, 2.45) is 0 Å². The van der Waals surface area contributed by atoms with E-state index >= 15 is 0 Å². The Balaban J connectivity index is 0.844. The van der Waals surface area contributed by atoms with E-state index in [2.05, 4.69) is 31.5 Å². The van der Waals surface area contributed by atoms with Crippen LogP contribution in [0.3, 0.4) is 0 Å². The van der Waals surface area contributed by atoms with Gasteiger partial charge in [-0.15, -0.1) is 0 Å². The van der Waals surface area contributed by atoms with Crippen LogP contribution in [-0.2, 0) is 42.5 Å². The number of nitrogens with zero attached hydrogens (tertiary/aromatic N) is 2. The molecule has 0 aromatic heterocycles. The van der Waals surface area contributed by atoms with E-state index in [0.717, 1.165) is 48.4 Å². The standard InChI is InChI=1S/C53H57N7O10S/c1-59(2)34-17-15-32(16-18-34)28-47(64)56-41(49(65)55-31-33-10-3-4-14-43(33)60-26-7-8-27-60)23-24-46(63)54-25-6-5-12-42(50(66)67)58-52(71)57-40-13-9-11-39-48(40)51(68)70-53(39)37-21-19-35(61)29-44(37)69-45-30-36(62)20-22-38(45)53/h3-4,9-11,13-22,29-30,41-42,61-62H,5-8,12,23-28,31H2,1-2H3,(H,54,63)(H,55,65)(H,56,64)(H,66,67)(H2,57,58,71)/t41-,42?/m1/s1. The summed E-state index contributed by atoms with van der Waals surface area (Å²) >= 11 is 5.56. The van der Waals surface area contributed by atoms with Gasteiger partial charge in [-0.3, -0.25) is 14.4 Å². The molecule has 8 rings (SSSR count). The van der Waals surface area contributed by atoms with Gasteiger partial charge in [0.05, 0.1) is 17.7 Å². The van der Waals surface area contributed by atoms with E-state index in [9.17, 15) is 39.3 Å². The van der Waals surface area contributed by atoms with Crippen LogP contribution in [0.4, 0.5) is 17.1 Å². The van der Waals surface area contributed by atoms with Crippen molar-refractivity contribution in [1.82, 2.24) is 21.3 Å². The topological polar surface area (TPSA) is 231 Å². The Bertz CT molecular complexity index is 2780. The minimum absolute atomic E-state index is 0.0443. The van der Waals surface area contributed by atoms with Crippen LogP contribution in [0.25, 0.3) is 0 Å². The fraction of sp³-hybridized carbons (Fsp3) is 0.321. The van der Waals surface area contributed by atoms with Gasteiger partial charge in [0.25, 0.3) is 0 Å². The monoisotopic (exact) mass is 983 g/mol. The Labute approximate surface area is 416 Å². The van der Waals surface area contributed by atoms with Gasteiger partial charge in [-0.1, -0.05) is 42.5 Å². The third-order valence-corrected chi connectivity index (χ3v) is 13.1. The van der Waals surface area contributed by atoms with Crippen molar-refractivity contribution in [2.75, 3.05) is 48.8 Å². The molecule has 5 aromatic carbocycles. The number of thiocarbonyl (C=S) groups is 1. The number of carbonyl (C=O) groups is 5. The quantitative estimate of drug-likeness (QED) is 0.0262. The fourth-order valence-corrected chi connectivity index (χ4v) is 9.59. The highest BCUT2D eigenvalue weighted by Crippen LogP contribution is 2.57. The van der Waals surface area contributed by atoms with Gasteiger partial charge in [-0.05, 0) is 110 Å². The minimum Gasteiger partial charge on any atom is -0.508 e. The first-order chi connectivity index (χ1) is 34.2. The fourth-order valence-electron chi connectivity index (χ4n) is 9.33. The lowest BCUT2D eigenvalue weighted by atomic mass is 9.77. The maximum absolute atomic E-state index is 13.8. The summed E-state index contributed by atoms with van der Waals surface area (Å²) in [6.45, 7) is 2.39. The zero-order valence-electron chi connectivity index (χ0n) is 39.5. The Kier molecular flexibility index (Phi) is 15.2. The molecule has 1 unspecified atom stereocenters. The van der Waals surface area contributed by atoms with Gasteiger partial charge in [0.2, 0.25) is 17.7 Å². The molecule has 3 aliphatic rings. The summed E-state index contributed by atoms with van der Waals surface area (Å²) < 4.78 is 12.2. The number of anilines is 3. The van der Waals surface area contributed by atoms with E-state index in [1.165, 1.54) is 24.3 Å². The highest BCUT2D eigenvalue weighted by atomic mass is 32.1. The van der Waals surface area contributed by atoms with Crippen molar-refractivity contribution in [1.29, 1.82) is 0 Å². The summed E-state index contributed by atoms with van der Waals surface area (Å²) in [6, 6.07) is 27.3. The number of unbranched alkanes of at least 4 members (excludes halogenated alkanes) is 1. The molecule has 1 saturated heterocycles. The summed E-state index contributed by atoms with van der Waals surface area (Å²) in [6.07, 6.45) is 3.25. The van der Waals surface area contributed by atoms with Crippen LogP contribution < -0.4 is 41.1 Å².